The van der Waals surface area contributed by atoms with Gasteiger partial charge in [0.25, 0.3) is 0 Å². The highest BCUT2D eigenvalue weighted by Crippen LogP contribution is 2.25. The molecular weight excluding hydrogens is 298 g/mol. The standard InChI is InChI=1S/C17H16ClN3O/c1-12-3-5-14(6-4-12)10-21-11-19-9-16(21)22-17-13(2)7-15(18)8-20-17/h3-9,11H,10H2,1-2H3. The smallest absolute Gasteiger partial charge is 0.224 e. The van der Waals surface area contributed by atoms with Crippen molar-refractivity contribution in [2.75, 3.05) is 0 Å². The Morgan fingerprint density at radius 3 is 2.64 bits per heavy atom. The van der Waals surface area contributed by atoms with E-state index < -0.39 is 0 Å². The first-order chi connectivity index (χ1) is 10.6. The molecule has 0 aliphatic rings. The van der Waals surface area contributed by atoms with Gasteiger partial charge >= 0.3 is 0 Å². The number of benzene rings is 1. The van der Waals surface area contributed by atoms with E-state index in [4.69, 9.17) is 16.3 Å². The van der Waals surface area contributed by atoms with Crippen LogP contribution in [0.3, 0.4) is 0 Å². The predicted octanol–water partition coefficient (Wildman–Crippen LogP) is 4.39. The minimum atomic E-state index is 0.537. The topological polar surface area (TPSA) is 39.9 Å². The SMILES string of the molecule is Cc1ccc(Cn2cncc2Oc2ncc(Cl)cc2C)cc1. The lowest BCUT2D eigenvalue weighted by Gasteiger charge is -2.10. The van der Waals surface area contributed by atoms with Crippen molar-refractivity contribution in [1.82, 2.24) is 14.5 Å². The van der Waals surface area contributed by atoms with Crippen LogP contribution in [0.5, 0.6) is 11.8 Å². The fourth-order valence-electron chi connectivity index (χ4n) is 2.14. The highest BCUT2D eigenvalue weighted by molar-refractivity contribution is 6.30. The Hall–Kier alpha value is -2.33. The molecule has 0 aliphatic carbocycles. The second-order valence-electron chi connectivity index (χ2n) is 5.22. The number of aromatic nitrogens is 3. The molecule has 0 fully saturated rings. The third kappa shape index (κ3) is 3.28. The van der Waals surface area contributed by atoms with Crippen molar-refractivity contribution in [3.8, 4) is 11.8 Å². The molecule has 0 amide bonds. The lowest BCUT2D eigenvalue weighted by atomic mass is 10.1. The third-order valence-corrected chi connectivity index (χ3v) is 3.55. The van der Waals surface area contributed by atoms with E-state index in [0.717, 1.165) is 5.56 Å². The summed E-state index contributed by atoms with van der Waals surface area (Å²) in [4.78, 5) is 8.38. The number of nitrogens with zero attached hydrogens (tertiary/aromatic N) is 3. The Morgan fingerprint density at radius 1 is 1.14 bits per heavy atom. The highest BCUT2D eigenvalue weighted by atomic mass is 35.5. The molecular formula is C17H16ClN3O. The molecule has 0 spiro atoms. The van der Waals surface area contributed by atoms with Crippen LogP contribution in [0.15, 0.2) is 49.1 Å². The van der Waals surface area contributed by atoms with Gasteiger partial charge in [-0.25, -0.2) is 9.97 Å². The van der Waals surface area contributed by atoms with E-state index in [1.165, 1.54) is 11.1 Å². The van der Waals surface area contributed by atoms with E-state index >= 15 is 0 Å². The molecule has 0 unspecified atom stereocenters. The van der Waals surface area contributed by atoms with E-state index in [1.807, 2.05) is 17.6 Å². The van der Waals surface area contributed by atoms with Gasteiger partial charge in [-0.05, 0) is 25.5 Å². The minimum Gasteiger partial charge on any atom is -0.421 e. The molecule has 0 bridgehead atoms. The molecule has 1 aromatic carbocycles. The number of hydrogen-bond acceptors (Lipinski definition) is 3. The van der Waals surface area contributed by atoms with Crippen LogP contribution in [0.25, 0.3) is 0 Å². The van der Waals surface area contributed by atoms with Crippen LogP contribution in [0.1, 0.15) is 16.7 Å². The quantitative estimate of drug-likeness (QED) is 0.717. The van der Waals surface area contributed by atoms with Gasteiger partial charge in [-0.15, -0.1) is 0 Å². The number of halogens is 1. The second-order valence-corrected chi connectivity index (χ2v) is 5.66. The molecule has 0 aliphatic heterocycles. The second kappa shape index (κ2) is 6.20. The maximum atomic E-state index is 5.91. The van der Waals surface area contributed by atoms with Crippen molar-refractivity contribution in [1.29, 1.82) is 0 Å². The maximum Gasteiger partial charge on any atom is 0.224 e. The zero-order chi connectivity index (χ0) is 15.5. The number of imidazole rings is 1. The van der Waals surface area contributed by atoms with Gasteiger partial charge in [0.05, 0.1) is 24.1 Å². The summed E-state index contributed by atoms with van der Waals surface area (Å²) in [5.41, 5.74) is 3.32. The van der Waals surface area contributed by atoms with Gasteiger partial charge in [-0.2, -0.15) is 0 Å². The minimum absolute atomic E-state index is 0.537. The fraction of sp³-hybridized carbons (Fsp3) is 0.176. The van der Waals surface area contributed by atoms with Gasteiger partial charge < -0.3 is 4.74 Å². The van der Waals surface area contributed by atoms with Crippen molar-refractivity contribution >= 4 is 11.6 Å². The summed E-state index contributed by atoms with van der Waals surface area (Å²) < 4.78 is 7.81. The van der Waals surface area contributed by atoms with Crippen molar-refractivity contribution in [3.63, 3.8) is 0 Å². The molecule has 3 rings (SSSR count). The van der Waals surface area contributed by atoms with Gasteiger partial charge in [0.2, 0.25) is 11.8 Å². The van der Waals surface area contributed by atoms with Crippen molar-refractivity contribution in [2.24, 2.45) is 0 Å². The fourth-order valence-corrected chi connectivity index (χ4v) is 2.35. The summed E-state index contributed by atoms with van der Waals surface area (Å²) in [6, 6.07) is 10.2. The van der Waals surface area contributed by atoms with Crippen LogP contribution >= 0.6 is 11.6 Å². The first-order valence-electron chi connectivity index (χ1n) is 6.97. The molecule has 2 heterocycles. The maximum absolute atomic E-state index is 5.91. The summed E-state index contributed by atoms with van der Waals surface area (Å²) >= 11 is 5.91. The van der Waals surface area contributed by atoms with Gasteiger partial charge in [-0.3, -0.25) is 4.57 Å². The Morgan fingerprint density at radius 2 is 1.91 bits per heavy atom. The Labute approximate surface area is 134 Å². The van der Waals surface area contributed by atoms with Crippen molar-refractivity contribution in [3.05, 3.63) is 70.8 Å². The number of aryl methyl sites for hydroxylation is 2. The van der Waals surface area contributed by atoms with E-state index in [0.29, 0.717) is 23.3 Å². The molecule has 4 nitrogen and oxygen atoms in total. The zero-order valence-corrected chi connectivity index (χ0v) is 13.2. The molecule has 0 radical (unpaired) electrons. The van der Waals surface area contributed by atoms with Crippen molar-refractivity contribution in [2.45, 2.75) is 20.4 Å². The Kier molecular flexibility index (Phi) is 4.11. The van der Waals surface area contributed by atoms with Gasteiger partial charge in [-0.1, -0.05) is 41.4 Å². The summed E-state index contributed by atoms with van der Waals surface area (Å²) in [6.07, 6.45) is 5.01. The molecule has 0 atom stereocenters. The van der Waals surface area contributed by atoms with Gasteiger partial charge in [0.15, 0.2) is 0 Å². The molecule has 2 aromatic heterocycles. The lowest BCUT2D eigenvalue weighted by molar-refractivity contribution is 0.417. The van der Waals surface area contributed by atoms with Crippen LogP contribution in [0.4, 0.5) is 0 Å². The third-order valence-electron chi connectivity index (χ3n) is 3.35. The molecule has 0 saturated heterocycles. The Balaban J connectivity index is 1.81. The molecule has 22 heavy (non-hydrogen) atoms. The van der Waals surface area contributed by atoms with E-state index in [-0.39, 0.29) is 0 Å². The van der Waals surface area contributed by atoms with Crippen LogP contribution in [0.2, 0.25) is 5.02 Å². The number of ether oxygens (including phenoxy) is 1. The van der Waals surface area contributed by atoms with E-state index in [1.54, 1.807) is 18.7 Å². The van der Waals surface area contributed by atoms with Crippen molar-refractivity contribution < 1.29 is 4.74 Å². The summed E-state index contributed by atoms with van der Waals surface area (Å²) in [6.45, 7) is 4.68. The largest absolute Gasteiger partial charge is 0.421 e. The molecule has 112 valence electrons. The summed E-state index contributed by atoms with van der Waals surface area (Å²) in [5, 5.41) is 0.595. The average molecular weight is 314 g/mol. The van der Waals surface area contributed by atoms with Crippen LogP contribution in [0, 0.1) is 13.8 Å². The summed E-state index contributed by atoms with van der Waals surface area (Å²) in [7, 11) is 0. The Bertz CT molecular complexity index is 781. The zero-order valence-electron chi connectivity index (χ0n) is 12.5. The predicted molar refractivity (Wildman–Crippen MR) is 86.6 cm³/mol. The van der Waals surface area contributed by atoms with Crippen LogP contribution in [-0.2, 0) is 6.54 Å². The average Bonchev–Trinajstić information content (AvgIpc) is 2.91. The lowest BCUT2D eigenvalue weighted by Crippen LogP contribution is -2.02. The molecule has 5 heteroatoms. The highest BCUT2D eigenvalue weighted by Gasteiger charge is 2.09. The number of pyridine rings is 1. The van der Waals surface area contributed by atoms with Gasteiger partial charge in [0.1, 0.15) is 0 Å². The van der Waals surface area contributed by atoms with E-state index in [2.05, 4.69) is 41.2 Å². The molecule has 0 N–H and O–H groups in total. The van der Waals surface area contributed by atoms with E-state index in [9.17, 15) is 0 Å². The first-order valence-corrected chi connectivity index (χ1v) is 7.35. The first kappa shape index (κ1) is 14.6. The van der Waals surface area contributed by atoms with Crippen LogP contribution in [-0.4, -0.2) is 14.5 Å². The molecule has 0 saturated carbocycles. The number of hydrogen-bond donors (Lipinski definition) is 0. The van der Waals surface area contributed by atoms with Crippen LogP contribution < -0.4 is 4.74 Å². The van der Waals surface area contributed by atoms with Gasteiger partial charge in [0, 0.05) is 11.8 Å². The number of rotatable bonds is 4. The normalized spacial score (nSPS) is 10.7. The summed E-state index contributed by atoms with van der Waals surface area (Å²) in [5.74, 6) is 1.19. The molecule has 3 aromatic rings. The monoisotopic (exact) mass is 313 g/mol.